The molecule has 2 N–H and O–H groups in total. The minimum absolute atomic E-state index is 0.0910. The molecule has 0 spiro atoms. The van der Waals surface area contributed by atoms with E-state index in [1.165, 1.54) is 6.33 Å². The highest BCUT2D eigenvalue weighted by Crippen LogP contribution is 2.35. The van der Waals surface area contributed by atoms with Crippen molar-refractivity contribution in [3.05, 3.63) is 22.5 Å². The quantitative estimate of drug-likeness (QED) is 0.658. The summed E-state index contributed by atoms with van der Waals surface area (Å²) in [5.74, 6) is 1.13. The average Bonchev–Trinajstić information content (AvgIpc) is 2.93. The van der Waals surface area contributed by atoms with Gasteiger partial charge in [0.25, 0.3) is 0 Å². The third-order valence-corrected chi connectivity index (χ3v) is 4.44. The van der Waals surface area contributed by atoms with Gasteiger partial charge in [-0.05, 0) is 17.3 Å². The van der Waals surface area contributed by atoms with Gasteiger partial charge in [0.1, 0.15) is 17.0 Å². The molecule has 100 valence electrons. The predicted molar refractivity (Wildman–Crippen MR) is 73.4 cm³/mol. The Kier molecular flexibility index (Phi) is 2.83. The lowest BCUT2D eigenvalue weighted by atomic mass is 10.1. The van der Waals surface area contributed by atoms with Crippen LogP contribution >= 0.6 is 11.3 Å². The smallest absolute Gasteiger partial charge is 0.326 e. The lowest BCUT2D eigenvalue weighted by Crippen LogP contribution is -2.28. The van der Waals surface area contributed by atoms with Crippen molar-refractivity contribution in [2.75, 3.05) is 18.0 Å². The van der Waals surface area contributed by atoms with Crippen LogP contribution < -0.4 is 10.6 Å². The lowest BCUT2D eigenvalue weighted by molar-refractivity contribution is -0.380. The number of thiophene rings is 1. The van der Waals surface area contributed by atoms with Crippen molar-refractivity contribution in [1.82, 2.24) is 9.97 Å². The highest BCUT2D eigenvalue weighted by Gasteiger charge is 2.29. The molecule has 3 heterocycles. The van der Waals surface area contributed by atoms with E-state index in [1.807, 2.05) is 0 Å². The van der Waals surface area contributed by atoms with E-state index in [9.17, 15) is 10.1 Å². The molecule has 1 aliphatic rings. The molecule has 2 unspecified atom stereocenters. The van der Waals surface area contributed by atoms with E-state index in [0.29, 0.717) is 10.7 Å². The second kappa shape index (κ2) is 4.39. The SMILES string of the molecule is CC1CN(c2ncnc3sc([N+](=O)[O-])cc23)CC1N. The van der Waals surface area contributed by atoms with Crippen molar-refractivity contribution < 1.29 is 4.92 Å². The predicted octanol–water partition coefficient (Wildman–Crippen LogP) is 1.38. The van der Waals surface area contributed by atoms with Gasteiger partial charge in [-0.15, -0.1) is 0 Å². The number of nitrogens with two attached hydrogens (primary N) is 1. The number of nitrogens with zero attached hydrogens (tertiary/aromatic N) is 4. The first kappa shape index (κ1) is 12.2. The summed E-state index contributed by atoms with van der Waals surface area (Å²) in [5, 5.41) is 11.7. The van der Waals surface area contributed by atoms with Gasteiger partial charge in [-0.1, -0.05) is 6.92 Å². The van der Waals surface area contributed by atoms with E-state index in [2.05, 4.69) is 21.8 Å². The van der Waals surface area contributed by atoms with Gasteiger partial charge in [-0.25, -0.2) is 9.97 Å². The molecular weight excluding hydrogens is 266 g/mol. The van der Waals surface area contributed by atoms with E-state index in [-0.39, 0.29) is 11.0 Å². The normalized spacial score (nSPS) is 23.2. The molecule has 1 saturated heterocycles. The van der Waals surface area contributed by atoms with E-state index in [0.717, 1.165) is 35.6 Å². The van der Waals surface area contributed by atoms with E-state index < -0.39 is 4.92 Å². The van der Waals surface area contributed by atoms with Crippen LogP contribution in [-0.4, -0.2) is 34.0 Å². The van der Waals surface area contributed by atoms with Crippen LogP contribution in [0.3, 0.4) is 0 Å². The third-order valence-electron chi connectivity index (χ3n) is 3.45. The number of fused-ring (bicyclic) bond motifs is 1. The summed E-state index contributed by atoms with van der Waals surface area (Å²) in [6.45, 7) is 3.63. The number of hydrogen-bond acceptors (Lipinski definition) is 7. The Morgan fingerprint density at radius 2 is 2.32 bits per heavy atom. The molecule has 2 aromatic heterocycles. The number of hydrogen-bond donors (Lipinski definition) is 1. The fourth-order valence-corrected chi connectivity index (χ4v) is 3.15. The van der Waals surface area contributed by atoms with Crippen LogP contribution in [-0.2, 0) is 0 Å². The Hall–Kier alpha value is -1.80. The van der Waals surface area contributed by atoms with Gasteiger partial charge in [-0.3, -0.25) is 10.1 Å². The number of anilines is 1. The first-order chi connectivity index (χ1) is 9.06. The fourth-order valence-electron chi connectivity index (χ4n) is 2.34. The van der Waals surface area contributed by atoms with Gasteiger partial charge in [0, 0.05) is 25.2 Å². The van der Waals surface area contributed by atoms with Crippen LogP contribution in [0, 0.1) is 16.0 Å². The third kappa shape index (κ3) is 2.02. The van der Waals surface area contributed by atoms with Crippen LogP contribution in [0.2, 0.25) is 0 Å². The van der Waals surface area contributed by atoms with Crippen LogP contribution in [0.4, 0.5) is 10.8 Å². The van der Waals surface area contributed by atoms with E-state index >= 15 is 0 Å². The maximum Gasteiger partial charge on any atom is 0.326 e. The molecule has 0 aromatic carbocycles. The Balaban J connectivity index is 2.06. The molecule has 1 fully saturated rings. The van der Waals surface area contributed by atoms with Crippen molar-refractivity contribution in [3.63, 3.8) is 0 Å². The molecule has 3 rings (SSSR count). The minimum atomic E-state index is -0.394. The van der Waals surface area contributed by atoms with Gasteiger partial charge in [-0.2, -0.15) is 0 Å². The Bertz CT molecular complexity index is 633. The zero-order valence-corrected chi connectivity index (χ0v) is 11.1. The molecule has 7 nitrogen and oxygen atoms in total. The van der Waals surface area contributed by atoms with Gasteiger partial charge < -0.3 is 10.6 Å². The van der Waals surface area contributed by atoms with Gasteiger partial charge in [0.05, 0.1) is 10.3 Å². The number of rotatable bonds is 2. The van der Waals surface area contributed by atoms with E-state index in [4.69, 9.17) is 5.73 Å². The molecule has 8 heteroatoms. The van der Waals surface area contributed by atoms with Crippen molar-refractivity contribution in [1.29, 1.82) is 0 Å². The summed E-state index contributed by atoms with van der Waals surface area (Å²) < 4.78 is 0. The van der Waals surface area contributed by atoms with Crippen molar-refractivity contribution in [2.45, 2.75) is 13.0 Å². The number of aromatic nitrogens is 2. The monoisotopic (exact) mass is 279 g/mol. The molecule has 19 heavy (non-hydrogen) atoms. The average molecular weight is 279 g/mol. The number of nitro groups is 1. The van der Waals surface area contributed by atoms with Crippen LogP contribution in [0.15, 0.2) is 12.4 Å². The molecule has 0 radical (unpaired) electrons. The summed E-state index contributed by atoms with van der Waals surface area (Å²) in [6, 6.07) is 1.66. The lowest BCUT2D eigenvalue weighted by Gasteiger charge is -2.17. The van der Waals surface area contributed by atoms with Crippen LogP contribution in [0.1, 0.15) is 6.92 Å². The molecule has 0 aliphatic carbocycles. The molecule has 0 saturated carbocycles. The zero-order valence-electron chi connectivity index (χ0n) is 10.3. The van der Waals surface area contributed by atoms with Gasteiger partial charge in [0.15, 0.2) is 0 Å². The molecule has 2 atom stereocenters. The minimum Gasteiger partial charge on any atom is -0.354 e. The fraction of sp³-hybridized carbons (Fsp3) is 0.455. The topological polar surface area (TPSA) is 98.2 Å². The van der Waals surface area contributed by atoms with Crippen molar-refractivity contribution in [3.8, 4) is 0 Å². The Morgan fingerprint density at radius 1 is 1.53 bits per heavy atom. The molecular formula is C11H13N5O2S. The van der Waals surface area contributed by atoms with Crippen LogP contribution in [0.25, 0.3) is 10.2 Å². The maximum atomic E-state index is 10.8. The highest BCUT2D eigenvalue weighted by molar-refractivity contribution is 7.21. The summed E-state index contributed by atoms with van der Waals surface area (Å²) in [7, 11) is 0. The summed E-state index contributed by atoms with van der Waals surface area (Å²) in [5.41, 5.74) is 6.01. The molecule has 0 amide bonds. The maximum absolute atomic E-state index is 10.8. The standard InChI is InChI=1S/C11H13N5O2S/c1-6-3-15(4-8(6)12)10-7-2-9(16(17)18)19-11(7)14-5-13-10/h2,5-6,8H,3-4,12H2,1H3. The molecule has 1 aliphatic heterocycles. The van der Waals surface area contributed by atoms with Crippen molar-refractivity contribution in [2.24, 2.45) is 11.7 Å². The van der Waals surface area contributed by atoms with E-state index in [1.54, 1.807) is 6.07 Å². The second-order valence-electron chi connectivity index (χ2n) is 4.80. The first-order valence-electron chi connectivity index (χ1n) is 5.95. The summed E-state index contributed by atoms with van der Waals surface area (Å²) >= 11 is 1.07. The Labute approximate surface area is 113 Å². The van der Waals surface area contributed by atoms with Crippen molar-refractivity contribution >= 4 is 32.4 Å². The van der Waals surface area contributed by atoms with Gasteiger partial charge in [0.2, 0.25) is 0 Å². The van der Waals surface area contributed by atoms with Gasteiger partial charge >= 0.3 is 5.00 Å². The highest BCUT2D eigenvalue weighted by atomic mass is 32.1. The molecule has 0 bridgehead atoms. The largest absolute Gasteiger partial charge is 0.354 e. The molecule has 2 aromatic rings. The Morgan fingerprint density at radius 3 is 2.95 bits per heavy atom. The summed E-state index contributed by atoms with van der Waals surface area (Å²) in [6.07, 6.45) is 1.45. The van der Waals surface area contributed by atoms with Crippen LogP contribution in [0.5, 0.6) is 0 Å². The zero-order chi connectivity index (χ0) is 13.6. The second-order valence-corrected chi connectivity index (χ2v) is 5.81. The summed E-state index contributed by atoms with van der Waals surface area (Å²) in [4.78, 5) is 21.5. The first-order valence-corrected chi connectivity index (χ1v) is 6.77.